The maximum absolute atomic E-state index is 5.51. The van der Waals surface area contributed by atoms with Crippen LogP contribution in [0.15, 0.2) is 231 Å². The van der Waals surface area contributed by atoms with Crippen molar-refractivity contribution in [3.8, 4) is 67.3 Å². The molecule has 0 bridgehead atoms. The van der Waals surface area contributed by atoms with Crippen molar-refractivity contribution in [1.29, 1.82) is 0 Å². The van der Waals surface area contributed by atoms with Gasteiger partial charge in [-0.3, -0.25) is 0 Å². The molecule has 0 spiro atoms. The fraction of sp³-hybridized carbons (Fsp3) is 0.0625. The quantitative estimate of drug-likeness (QED) is 0.167. The molecular formula is C64H44N2. The van der Waals surface area contributed by atoms with Gasteiger partial charge in [0, 0.05) is 22.1 Å². The number of nitrogens with zero attached hydrogens (tertiary/aromatic N) is 2. The number of aromatic nitrogens is 2. The van der Waals surface area contributed by atoms with Crippen LogP contribution in [0.5, 0.6) is 0 Å². The number of hydrogen-bond donors (Lipinski definition) is 0. The van der Waals surface area contributed by atoms with E-state index < -0.39 is 5.41 Å². The summed E-state index contributed by atoms with van der Waals surface area (Å²) >= 11 is 0. The van der Waals surface area contributed by atoms with Crippen molar-refractivity contribution < 1.29 is 0 Å². The molecule has 0 fully saturated rings. The molecule has 0 N–H and O–H groups in total. The molecule has 2 nitrogen and oxygen atoms in total. The van der Waals surface area contributed by atoms with E-state index in [-0.39, 0.29) is 5.41 Å². The summed E-state index contributed by atoms with van der Waals surface area (Å²) < 4.78 is 0. The molecule has 0 saturated carbocycles. The molecule has 0 aliphatic heterocycles. The lowest BCUT2D eigenvalue weighted by Gasteiger charge is -2.33. The molecule has 0 amide bonds. The molecule has 310 valence electrons. The van der Waals surface area contributed by atoms with E-state index in [4.69, 9.17) is 9.97 Å². The topological polar surface area (TPSA) is 25.8 Å². The maximum Gasteiger partial charge on any atom is 0.161 e. The summed E-state index contributed by atoms with van der Waals surface area (Å²) in [5.41, 5.74) is 19.6. The predicted octanol–water partition coefficient (Wildman–Crippen LogP) is 16.1. The third-order valence-electron chi connectivity index (χ3n) is 14.5. The number of rotatable bonds is 6. The molecule has 0 radical (unpaired) electrons. The Morgan fingerprint density at radius 1 is 0.318 bits per heavy atom. The summed E-state index contributed by atoms with van der Waals surface area (Å²) in [6.07, 6.45) is 0. The summed E-state index contributed by atoms with van der Waals surface area (Å²) in [4.78, 5) is 10.9. The Morgan fingerprint density at radius 2 is 0.833 bits per heavy atom. The molecule has 11 aromatic rings. The standard InChI is InChI=1S/C64H44N2/c1-63(2)58-39-43-22-13-12-21-42(43)37-55(58)52-31-18-30-51(61(52)63)49-34-35-53(48-28-15-14-27-47(48)49)62-65-59(41-19-6-3-7-20-41)40-60(66-62)44-33-36-57-54(38-44)50-29-16-17-32-56(50)64(57,45-23-8-4-9-24-45)46-25-10-5-11-26-46/h3-40H,1-2H3. The van der Waals surface area contributed by atoms with Gasteiger partial charge in [0.15, 0.2) is 5.82 Å². The van der Waals surface area contributed by atoms with E-state index in [0.717, 1.165) is 33.5 Å². The van der Waals surface area contributed by atoms with Crippen LogP contribution >= 0.6 is 0 Å². The fourth-order valence-corrected chi connectivity index (χ4v) is 11.6. The van der Waals surface area contributed by atoms with Gasteiger partial charge in [0.1, 0.15) is 0 Å². The van der Waals surface area contributed by atoms with E-state index >= 15 is 0 Å². The lowest BCUT2D eigenvalue weighted by atomic mass is 9.67. The predicted molar refractivity (Wildman–Crippen MR) is 274 cm³/mol. The van der Waals surface area contributed by atoms with Gasteiger partial charge in [0.2, 0.25) is 0 Å². The van der Waals surface area contributed by atoms with Crippen LogP contribution in [0.1, 0.15) is 47.2 Å². The van der Waals surface area contributed by atoms with Crippen LogP contribution in [0.3, 0.4) is 0 Å². The van der Waals surface area contributed by atoms with E-state index in [9.17, 15) is 0 Å². The monoisotopic (exact) mass is 840 g/mol. The zero-order chi connectivity index (χ0) is 44.0. The van der Waals surface area contributed by atoms with Gasteiger partial charge in [-0.05, 0) is 119 Å². The largest absolute Gasteiger partial charge is 0.228 e. The maximum atomic E-state index is 5.51. The molecule has 10 aromatic carbocycles. The Morgan fingerprint density at radius 3 is 1.55 bits per heavy atom. The highest BCUT2D eigenvalue weighted by Crippen LogP contribution is 2.57. The van der Waals surface area contributed by atoms with Crippen LogP contribution in [0.2, 0.25) is 0 Å². The van der Waals surface area contributed by atoms with Crippen LogP contribution in [0.4, 0.5) is 0 Å². The minimum Gasteiger partial charge on any atom is -0.228 e. The molecule has 13 rings (SSSR count). The number of fused-ring (bicyclic) bond motifs is 8. The fourth-order valence-electron chi connectivity index (χ4n) is 11.6. The first-order valence-electron chi connectivity index (χ1n) is 23.0. The highest BCUT2D eigenvalue weighted by Gasteiger charge is 2.46. The first kappa shape index (κ1) is 38.3. The second-order valence-corrected chi connectivity index (χ2v) is 18.4. The van der Waals surface area contributed by atoms with Gasteiger partial charge in [-0.1, -0.05) is 214 Å². The van der Waals surface area contributed by atoms with Crippen molar-refractivity contribution in [3.63, 3.8) is 0 Å². The van der Waals surface area contributed by atoms with Crippen LogP contribution in [0.25, 0.3) is 88.8 Å². The Bertz CT molecular complexity index is 3680. The molecule has 0 saturated heterocycles. The van der Waals surface area contributed by atoms with Crippen LogP contribution in [-0.2, 0) is 10.8 Å². The van der Waals surface area contributed by atoms with Crippen molar-refractivity contribution in [2.75, 3.05) is 0 Å². The van der Waals surface area contributed by atoms with E-state index in [2.05, 4.69) is 244 Å². The third-order valence-corrected chi connectivity index (χ3v) is 14.5. The SMILES string of the molecule is CC1(C)c2cc3ccccc3cc2-c2cccc(-c3ccc(-c4nc(-c5ccccc5)cc(-c5ccc6c(c5)-c5ccccc5C6(c5ccccc5)c5ccccc5)n4)c4ccccc34)c21. The van der Waals surface area contributed by atoms with Crippen LogP contribution in [-0.4, -0.2) is 9.97 Å². The average Bonchev–Trinajstić information content (AvgIpc) is 3.80. The van der Waals surface area contributed by atoms with E-state index in [1.54, 1.807) is 0 Å². The lowest BCUT2D eigenvalue weighted by Crippen LogP contribution is -2.28. The molecule has 66 heavy (non-hydrogen) atoms. The minimum atomic E-state index is -0.468. The van der Waals surface area contributed by atoms with Gasteiger partial charge in [-0.15, -0.1) is 0 Å². The highest BCUT2D eigenvalue weighted by molar-refractivity contribution is 6.06. The molecule has 1 aromatic heterocycles. The van der Waals surface area contributed by atoms with Gasteiger partial charge >= 0.3 is 0 Å². The van der Waals surface area contributed by atoms with Crippen molar-refractivity contribution >= 4 is 21.5 Å². The second kappa shape index (κ2) is 14.7. The van der Waals surface area contributed by atoms with Gasteiger partial charge in [-0.25, -0.2) is 9.97 Å². The number of hydrogen-bond acceptors (Lipinski definition) is 2. The smallest absolute Gasteiger partial charge is 0.161 e. The molecule has 2 heteroatoms. The highest BCUT2D eigenvalue weighted by atomic mass is 14.9. The van der Waals surface area contributed by atoms with E-state index in [1.807, 2.05) is 0 Å². The zero-order valence-corrected chi connectivity index (χ0v) is 36.8. The summed E-state index contributed by atoms with van der Waals surface area (Å²) in [5, 5.41) is 4.86. The molecule has 1 heterocycles. The number of benzene rings is 10. The summed E-state index contributed by atoms with van der Waals surface area (Å²) in [6, 6.07) is 84.3. The average molecular weight is 841 g/mol. The lowest BCUT2D eigenvalue weighted by molar-refractivity contribution is 0.663. The third kappa shape index (κ3) is 5.61. The van der Waals surface area contributed by atoms with Crippen molar-refractivity contribution in [1.82, 2.24) is 9.97 Å². The molecule has 0 unspecified atom stereocenters. The van der Waals surface area contributed by atoms with E-state index in [1.165, 1.54) is 82.9 Å². The minimum absolute atomic E-state index is 0.189. The molecule has 0 atom stereocenters. The van der Waals surface area contributed by atoms with Crippen molar-refractivity contribution in [2.45, 2.75) is 24.7 Å². The van der Waals surface area contributed by atoms with Gasteiger partial charge < -0.3 is 0 Å². The summed E-state index contributed by atoms with van der Waals surface area (Å²) in [6.45, 7) is 4.77. The van der Waals surface area contributed by atoms with Gasteiger partial charge in [-0.2, -0.15) is 0 Å². The second-order valence-electron chi connectivity index (χ2n) is 18.4. The molecule has 2 aliphatic rings. The first-order valence-corrected chi connectivity index (χ1v) is 23.0. The van der Waals surface area contributed by atoms with Crippen molar-refractivity contribution in [3.05, 3.63) is 264 Å². The van der Waals surface area contributed by atoms with Gasteiger partial charge in [0.25, 0.3) is 0 Å². The van der Waals surface area contributed by atoms with Crippen molar-refractivity contribution in [2.24, 2.45) is 0 Å². The Balaban J connectivity index is 0.991. The van der Waals surface area contributed by atoms with Crippen LogP contribution < -0.4 is 0 Å². The zero-order valence-electron chi connectivity index (χ0n) is 36.8. The van der Waals surface area contributed by atoms with E-state index in [0.29, 0.717) is 5.82 Å². The van der Waals surface area contributed by atoms with Crippen LogP contribution in [0, 0.1) is 0 Å². The Hall–Kier alpha value is -8.20. The summed E-state index contributed by atoms with van der Waals surface area (Å²) in [5.74, 6) is 0.704. The Kier molecular flexibility index (Phi) is 8.51. The molecular weight excluding hydrogens is 797 g/mol. The van der Waals surface area contributed by atoms with Gasteiger partial charge in [0.05, 0.1) is 16.8 Å². The first-order chi connectivity index (χ1) is 32.5. The summed E-state index contributed by atoms with van der Waals surface area (Å²) in [7, 11) is 0. The molecule has 2 aliphatic carbocycles. The Labute approximate surface area is 385 Å². The normalized spacial score (nSPS) is 13.8.